The number of rotatable bonds is 1. The van der Waals surface area contributed by atoms with Gasteiger partial charge in [-0.3, -0.25) is 0 Å². The van der Waals surface area contributed by atoms with Crippen molar-refractivity contribution >= 4 is 8.07 Å². The average molecular weight is 184 g/mol. The minimum atomic E-state index is -4.06. The molecule has 0 aromatic carbocycles. The van der Waals surface area contributed by atoms with E-state index < -0.39 is 19.3 Å². The van der Waals surface area contributed by atoms with Gasteiger partial charge in [-0.15, -0.1) is 0 Å². The minimum Gasteiger partial charge on any atom is -0.171 e. The van der Waals surface area contributed by atoms with E-state index in [0.717, 1.165) is 0 Å². The SMILES string of the molecule is CC(C)(C(F)(F)F)[Si](C)(C)C. The van der Waals surface area contributed by atoms with Gasteiger partial charge in [0.05, 0.1) is 13.1 Å². The van der Waals surface area contributed by atoms with Gasteiger partial charge in [-0.25, -0.2) is 0 Å². The van der Waals surface area contributed by atoms with Gasteiger partial charge in [-0.1, -0.05) is 33.5 Å². The van der Waals surface area contributed by atoms with E-state index in [1.807, 2.05) is 0 Å². The second-order valence-corrected chi connectivity index (χ2v) is 10.1. The Labute approximate surface area is 66.8 Å². The van der Waals surface area contributed by atoms with Crippen molar-refractivity contribution in [3.63, 3.8) is 0 Å². The monoisotopic (exact) mass is 184 g/mol. The summed E-state index contributed by atoms with van der Waals surface area (Å²) in [7, 11) is -2.15. The molecule has 0 rings (SSSR count). The molecule has 0 aliphatic heterocycles. The van der Waals surface area contributed by atoms with Gasteiger partial charge in [0.1, 0.15) is 0 Å². The van der Waals surface area contributed by atoms with Crippen LogP contribution in [-0.2, 0) is 0 Å². The summed E-state index contributed by atoms with van der Waals surface area (Å²) >= 11 is 0. The third kappa shape index (κ3) is 1.98. The molecule has 0 aliphatic carbocycles. The van der Waals surface area contributed by atoms with Crippen molar-refractivity contribution in [1.29, 1.82) is 0 Å². The largest absolute Gasteiger partial charge is 0.391 e. The van der Waals surface area contributed by atoms with Crippen LogP contribution in [0.3, 0.4) is 0 Å². The molecular formula is C7H15F3Si. The summed E-state index contributed by atoms with van der Waals surface area (Å²) in [6, 6.07) is 0. The molecule has 0 radical (unpaired) electrons. The van der Waals surface area contributed by atoms with Crippen LogP contribution in [0.25, 0.3) is 0 Å². The molecule has 0 aliphatic rings. The van der Waals surface area contributed by atoms with Crippen LogP contribution in [0.1, 0.15) is 13.8 Å². The summed E-state index contributed by atoms with van der Waals surface area (Å²) in [5, 5.41) is -1.49. The molecule has 0 fully saturated rings. The molecule has 0 saturated heterocycles. The highest BCUT2D eigenvalue weighted by Crippen LogP contribution is 2.50. The van der Waals surface area contributed by atoms with Crippen LogP contribution in [0.4, 0.5) is 13.2 Å². The highest BCUT2D eigenvalue weighted by molar-refractivity contribution is 6.79. The van der Waals surface area contributed by atoms with E-state index in [4.69, 9.17) is 0 Å². The predicted molar refractivity (Wildman–Crippen MR) is 43.4 cm³/mol. The molecule has 0 heterocycles. The Bertz CT molecular complexity index is 125. The first-order valence-electron chi connectivity index (χ1n) is 3.57. The van der Waals surface area contributed by atoms with E-state index in [2.05, 4.69) is 0 Å². The second kappa shape index (κ2) is 2.50. The molecule has 0 atom stereocenters. The lowest BCUT2D eigenvalue weighted by Crippen LogP contribution is -2.45. The summed E-state index contributed by atoms with van der Waals surface area (Å²) < 4.78 is 37.1. The zero-order valence-electron chi connectivity index (χ0n) is 7.63. The first-order chi connectivity index (χ1) is 4.50. The van der Waals surface area contributed by atoms with Gasteiger partial charge in [0, 0.05) is 0 Å². The predicted octanol–water partition coefficient (Wildman–Crippen LogP) is 3.67. The maximum absolute atomic E-state index is 12.4. The van der Waals surface area contributed by atoms with Gasteiger partial charge >= 0.3 is 6.18 Å². The number of alkyl halides is 3. The first-order valence-corrected chi connectivity index (χ1v) is 7.07. The molecule has 68 valence electrons. The normalized spacial score (nSPS) is 15.3. The lowest BCUT2D eigenvalue weighted by atomic mass is 10.2. The molecule has 11 heavy (non-hydrogen) atoms. The van der Waals surface area contributed by atoms with Gasteiger partial charge in [0.2, 0.25) is 0 Å². The van der Waals surface area contributed by atoms with Gasteiger partial charge in [-0.2, -0.15) is 13.2 Å². The number of hydrogen-bond acceptors (Lipinski definition) is 0. The second-order valence-electron chi connectivity index (χ2n) is 4.37. The van der Waals surface area contributed by atoms with Crippen LogP contribution in [0.2, 0.25) is 24.7 Å². The lowest BCUT2D eigenvalue weighted by Gasteiger charge is -2.38. The van der Waals surface area contributed by atoms with Crippen LogP contribution in [-0.4, -0.2) is 14.3 Å². The van der Waals surface area contributed by atoms with Crippen LogP contribution in [0.5, 0.6) is 0 Å². The fraction of sp³-hybridized carbons (Fsp3) is 1.00. The van der Waals surface area contributed by atoms with E-state index in [9.17, 15) is 13.2 Å². The van der Waals surface area contributed by atoms with Crippen molar-refractivity contribution < 1.29 is 13.2 Å². The Balaban J connectivity index is 4.75. The highest BCUT2D eigenvalue weighted by atomic mass is 28.3. The molecule has 0 N–H and O–H groups in total. The van der Waals surface area contributed by atoms with Crippen molar-refractivity contribution in [2.24, 2.45) is 0 Å². The molecule has 0 aromatic rings. The average Bonchev–Trinajstić information content (AvgIpc) is 1.58. The molecule has 0 saturated carbocycles. The summed E-state index contributed by atoms with van der Waals surface area (Å²) in [6.45, 7) is 7.79. The molecule has 0 aromatic heterocycles. The van der Waals surface area contributed by atoms with Gasteiger partial charge in [0.15, 0.2) is 0 Å². The lowest BCUT2D eigenvalue weighted by molar-refractivity contribution is -0.159. The van der Waals surface area contributed by atoms with Gasteiger partial charge in [0.25, 0.3) is 0 Å². The summed E-state index contributed by atoms with van der Waals surface area (Å²) in [5.41, 5.74) is 0. The topological polar surface area (TPSA) is 0 Å². The van der Waals surface area contributed by atoms with Crippen molar-refractivity contribution in [3.8, 4) is 0 Å². The number of hydrogen-bond donors (Lipinski definition) is 0. The van der Waals surface area contributed by atoms with E-state index in [-0.39, 0.29) is 0 Å². The summed E-state index contributed by atoms with van der Waals surface area (Å²) in [5.74, 6) is 0. The van der Waals surface area contributed by atoms with Crippen molar-refractivity contribution in [3.05, 3.63) is 0 Å². The maximum Gasteiger partial charge on any atom is 0.391 e. The fourth-order valence-electron chi connectivity index (χ4n) is 0.425. The zero-order valence-corrected chi connectivity index (χ0v) is 8.63. The van der Waals surface area contributed by atoms with Crippen LogP contribution >= 0.6 is 0 Å². The van der Waals surface area contributed by atoms with Gasteiger partial charge in [-0.05, 0) is 0 Å². The van der Waals surface area contributed by atoms with E-state index in [1.54, 1.807) is 19.6 Å². The fourth-order valence-corrected chi connectivity index (χ4v) is 1.28. The van der Waals surface area contributed by atoms with Crippen LogP contribution < -0.4 is 0 Å². The highest BCUT2D eigenvalue weighted by Gasteiger charge is 2.54. The molecule has 0 bridgehead atoms. The Morgan fingerprint density at radius 1 is 0.909 bits per heavy atom. The zero-order chi connectivity index (χ0) is 9.50. The first kappa shape index (κ1) is 11.0. The van der Waals surface area contributed by atoms with E-state index in [0.29, 0.717) is 0 Å². The molecule has 0 spiro atoms. The molecule has 0 unspecified atom stereocenters. The summed E-state index contributed by atoms with van der Waals surface area (Å²) in [6.07, 6.45) is -4.06. The molecule has 0 amide bonds. The quantitative estimate of drug-likeness (QED) is 0.545. The third-order valence-corrected chi connectivity index (χ3v) is 6.62. The standard InChI is InChI=1S/C7H15F3Si/c1-6(2,7(8,9)10)11(3,4)5/h1-5H3. The maximum atomic E-state index is 12.4. The Kier molecular flexibility index (Phi) is 2.51. The van der Waals surface area contributed by atoms with E-state index >= 15 is 0 Å². The molecule has 0 nitrogen and oxygen atoms in total. The van der Waals surface area contributed by atoms with Crippen molar-refractivity contribution in [1.82, 2.24) is 0 Å². The van der Waals surface area contributed by atoms with Crippen LogP contribution in [0, 0.1) is 0 Å². The van der Waals surface area contributed by atoms with Gasteiger partial charge < -0.3 is 0 Å². The number of halogens is 3. The Morgan fingerprint density at radius 3 is 1.18 bits per heavy atom. The van der Waals surface area contributed by atoms with Crippen LogP contribution in [0.15, 0.2) is 0 Å². The van der Waals surface area contributed by atoms with Crippen molar-refractivity contribution in [2.45, 2.75) is 44.7 Å². The molecular weight excluding hydrogens is 169 g/mol. The van der Waals surface area contributed by atoms with Crippen molar-refractivity contribution in [2.75, 3.05) is 0 Å². The Hall–Kier alpha value is 0.00688. The Morgan fingerprint density at radius 2 is 1.18 bits per heavy atom. The smallest absolute Gasteiger partial charge is 0.171 e. The van der Waals surface area contributed by atoms with E-state index in [1.165, 1.54) is 13.8 Å². The summed E-state index contributed by atoms with van der Waals surface area (Å²) in [4.78, 5) is 0. The third-order valence-electron chi connectivity index (χ3n) is 2.58. The molecule has 4 heteroatoms. The minimum absolute atomic E-state index is 1.29.